The molecule has 0 saturated heterocycles. The normalized spacial score (nSPS) is 11.2. The molecule has 0 spiro atoms. The Balaban J connectivity index is 1.92. The third-order valence-electron chi connectivity index (χ3n) is 3.80. The molecule has 1 heterocycles. The van der Waals surface area contributed by atoms with Crippen LogP contribution in [-0.2, 0) is 4.79 Å². The molecular weight excluding hydrogens is 346 g/mol. The summed E-state index contributed by atoms with van der Waals surface area (Å²) in [5.41, 5.74) is 2.76. The largest absolute Gasteiger partial charge is 0.294 e. The molecule has 0 fully saturated rings. The van der Waals surface area contributed by atoms with E-state index in [0.717, 1.165) is 39.1 Å². The smallest absolute Gasteiger partial charge is 0.200 e. The molecule has 25 heavy (non-hydrogen) atoms. The van der Waals surface area contributed by atoms with E-state index in [2.05, 4.69) is 25.3 Å². The lowest BCUT2D eigenvalue weighted by atomic mass is 10.2. The van der Waals surface area contributed by atoms with Crippen molar-refractivity contribution in [2.24, 2.45) is 0 Å². The van der Waals surface area contributed by atoms with Gasteiger partial charge in [0.25, 0.3) is 0 Å². The summed E-state index contributed by atoms with van der Waals surface area (Å²) in [6, 6.07) is 16.2. The van der Waals surface area contributed by atoms with Gasteiger partial charge in [0.2, 0.25) is 0 Å². The monoisotopic (exact) mass is 363 g/mol. The molecule has 2 nitrogen and oxygen atoms in total. The summed E-state index contributed by atoms with van der Waals surface area (Å²) in [5.74, 6) is 0. The zero-order valence-electron chi connectivity index (χ0n) is 13.6. The van der Waals surface area contributed by atoms with Gasteiger partial charge in [0.1, 0.15) is 0 Å². The lowest BCUT2D eigenvalue weighted by Gasteiger charge is -2.08. The number of hydrogen-bond donors (Lipinski definition) is 0. The fraction of sp³-hybridized carbons (Fsp3) is 0.0476. The Morgan fingerprint density at radius 3 is 2.20 bits per heavy atom. The number of hydrogen-bond acceptors (Lipinski definition) is 3. The van der Waals surface area contributed by atoms with Crippen LogP contribution in [0.15, 0.2) is 85.5 Å². The second kappa shape index (κ2) is 7.64. The van der Waals surface area contributed by atoms with Crippen LogP contribution in [0.2, 0.25) is 0 Å². The number of thioether (sulfide) groups is 1. The molecule has 0 atom stereocenters. The van der Waals surface area contributed by atoms with Crippen molar-refractivity contribution in [1.29, 1.82) is 0 Å². The van der Waals surface area contributed by atoms with Gasteiger partial charge in [-0.1, -0.05) is 80.0 Å². The average molecular weight is 364 g/mol. The van der Waals surface area contributed by atoms with Gasteiger partial charge < -0.3 is 0 Å². The van der Waals surface area contributed by atoms with Crippen molar-refractivity contribution in [3.05, 3.63) is 85.5 Å². The highest BCUT2D eigenvalue weighted by Gasteiger charge is 2.16. The van der Waals surface area contributed by atoms with Gasteiger partial charge in [-0.2, -0.15) is 0 Å². The van der Waals surface area contributed by atoms with Crippen LogP contribution in [0.5, 0.6) is 0 Å². The van der Waals surface area contributed by atoms with Crippen molar-refractivity contribution in [3.63, 3.8) is 0 Å². The highest BCUT2D eigenvalue weighted by molar-refractivity contribution is 8.32. The van der Waals surface area contributed by atoms with E-state index in [-0.39, 0.29) is 11.5 Å². The second-order valence-corrected chi connectivity index (χ2v) is 7.23. The van der Waals surface area contributed by atoms with Crippen LogP contribution in [0.4, 0.5) is 0 Å². The maximum atomic E-state index is 12.3. The van der Waals surface area contributed by atoms with E-state index in [1.54, 1.807) is 18.2 Å². The van der Waals surface area contributed by atoms with Gasteiger partial charge in [0, 0.05) is 17.2 Å². The minimum Gasteiger partial charge on any atom is -0.294 e. The highest BCUT2D eigenvalue weighted by atomic mass is 32.2. The number of nitrogens with zero attached hydrogens (tertiary/aromatic N) is 1. The van der Waals surface area contributed by atoms with Crippen molar-refractivity contribution in [1.82, 2.24) is 4.57 Å². The molecule has 0 aliphatic rings. The Hall–Kier alpha value is -2.43. The number of fused-ring (bicyclic) bond motifs is 3. The van der Waals surface area contributed by atoms with Crippen molar-refractivity contribution in [2.75, 3.05) is 0 Å². The second-order valence-electron chi connectivity index (χ2n) is 5.54. The Kier molecular flexibility index (Phi) is 5.31. The minimum atomic E-state index is -0.0226. The number of carbonyl (C=O) groups is 1. The molecule has 0 amide bonds. The molecule has 1 aromatic heterocycles. The quantitative estimate of drug-likeness (QED) is 0.427. The lowest BCUT2D eigenvalue weighted by molar-refractivity contribution is -0.110. The average Bonchev–Trinajstić information content (AvgIpc) is 2.94. The van der Waals surface area contributed by atoms with Crippen LogP contribution in [0.1, 0.15) is 6.42 Å². The predicted octanol–water partition coefficient (Wildman–Crippen LogP) is 5.88. The zero-order chi connectivity index (χ0) is 17.8. The summed E-state index contributed by atoms with van der Waals surface area (Å²) < 4.78 is 2.51. The molecule has 3 aromatic rings. The van der Waals surface area contributed by atoms with Crippen LogP contribution in [0, 0.1) is 0 Å². The molecule has 0 bridgehead atoms. The van der Waals surface area contributed by atoms with E-state index < -0.39 is 0 Å². The highest BCUT2D eigenvalue weighted by Crippen LogP contribution is 2.30. The van der Waals surface area contributed by atoms with Gasteiger partial charge in [-0.05, 0) is 29.5 Å². The summed E-state index contributed by atoms with van der Waals surface area (Å²) in [4.78, 5) is 12.3. The van der Waals surface area contributed by atoms with Crippen molar-refractivity contribution in [3.8, 4) is 0 Å². The van der Waals surface area contributed by atoms with E-state index in [1.807, 2.05) is 41.0 Å². The van der Waals surface area contributed by atoms with Crippen LogP contribution in [-0.4, -0.2) is 14.0 Å². The number of rotatable bonds is 4. The molecule has 4 heteroatoms. The van der Waals surface area contributed by atoms with Gasteiger partial charge in [-0.3, -0.25) is 9.36 Å². The van der Waals surface area contributed by atoms with Gasteiger partial charge in [-0.25, -0.2) is 0 Å². The van der Waals surface area contributed by atoms with Crippen molar-refractivity contribution < 1.29 is 4.79 Å². The van der Waals surface area contributed by atoms with Crippen LogP contribution in [0.3, 0.4) is 0 Å². The van der Waals surface area contributed by atoms with Gasteiger partial charge in [0.05, 0.1) is 11.0 Å². The number of aromatic nitrogens is 1. The van der Waals surface area contributed by atoms with Crippen LogP contribution in [0.25, 0.3) is 21.8 Å². The van der Waals surface area contributed by atoms with E-state index in [0.29, 0.717) is 4.32 Å². The first-order chi connectivity index (χ1) is 12.1. The SMILES string of the molecule is C=C/C=C\C(=C)CC(=O)SC(=S)n1c2ccccc2c2ccccc21. The fourth-order valence-corrected chi connectivity index (χ4v) is 3.96. The Bertz CT molecular complexity index is 973. The summed E-state index contributed by atoms with van der Waals surface area (Å²) in [6.07, 6.45) is 5.47. The first-order valence-electron chi connectivity index (χ1n) is 7.82. The Morgan fingerprint density at radius 2 is 1.64 bits per heavy atom. The van der Waals surface area contributed by atoms with Gasteiger partial charge >= 0.3 is 0 Å². The number of thiocarbonyl (C=S) groups is 1. The van der Waals surface area contributed by atoms with Crippen LogP contribution < -0.4 is 0 Å². The lowest BCUT2D eigenvalue weighted by Crippen LogP contribution is -2.08. The van der Waals surface area contributed by atoms with Crippen molar-refractivity contribution in [2.45, 2.75) is 6.42 Å². The Morgan fingerprint density at radius 1 is 1.08 bits per heavy atom. The Labute approximate surface area is 156 Å². The minimum absolute atomic E-state index is 0.0226. The maximum absolute atomic E-state index is 12.3. The topological polar surface area (TPSA) is 22.0 Å². The molecule has 0 saturated carbocycles. The molecular formula is C21H17NOS2. The summed E-state index contributed by atoms with van der Waals surface area (Å²) in [6.45, 7) is 7.49. The van der Waals surface area contributed by atoms with Gasteiger partial charge in [-0.15, -0.1) is 0 Å². The zero-order valence-corrected chi connectivity index (χ0v) is 15.3. The molecule has 124 valence electrons. The number of allylic oxidation sites excluding steroid dienone is 4. The molecule has 0 aliphatic heterocycles. The third-order valence-corrected chi connectivity index (χ3v) is 4.96. The first kappa shape index (κ1) is 17.4. The standard InChI is InChI=1S/C21H17NOS2/c1-3-4-9-15(2)14-20(23)25-21(24)22-18-12-7-5-10-16(18)17-11-6-8-13-19(17)22/h3-13H,1-2,14H2/b9-4-. The van der Waals surface area contributed by atoms with Crippen molar-refractivity contribution >= 4 is 55.2 Å². The summed E-state index contributed by atoms with van der Waals surface area (Å²) in [5, 5.41) is 2.24. The fourth-order valence-electron chi connectivity index (χ4n) is 2.75. The predicted molar refractivity (Wildman–Crippen MR) is 113 cm³/mol. The number of carbonyl (C=O) groups excluding carboxylic acids is 1. The molecule has 0 radical (unpaired) electrons. The van der Waals surface area contributed by atoms with E-state index in [4.69, 9.17) is 12.2 Å². The van der Waals surface area contributed by atoms with E-state index in [9.17, 15) is 4.79 Å². The number of benzene rings is 2. The van der Waals surface area contributed by atoms with E-state index in [1.165, 1.54) is 0 Å². The van der Waals surface area contributed by atoms with E-state index >= 15 is 0 Å². The third kappa shape index (κ3) is 3.65. The maximum Gasteiger partial charge on any atom is 0.200 e. The molecule has 0 N–H and O–H groups in total. The first-order valence-corrected chi connectivity index (χ1v) is 9.04. The van der Waals surface area contributed by atoms with Gasteiger partial charge in [0.15, 0.2) is 9.44 Å². The number of para-hydroxylation sites is 2. The molecule has 3 rings (SSSR count). The van der Waals surface area contributed by atoms with Crippen LogP contribution >= 0.6 is 24.0 Å². The molecule has 2 aromatic carbocycles. The summed E-state index contributed by atoms with van der Waals surface area (Å²) >= 11 is 6.67. The summed E-state index contributed by atoms with van der Waals surface area (Å²) in [7, 11) is 0. The molecule has 0 unspecified atom stereocenters. The molecule has 0 aliphatic carbocycles.